The average Bonchev–Trinajstić information content (AvgIpc) is 3.08. The summed E-state index contributed by atoms with van der Waals surface area (Å²) < 4.78 is 0. The van der Waals surface area contributed by atoms with Gasteiger partial charge in [-0.05, 0) is 53.2 Å². The van der Waals surface area contributed by atoms with Crippen molar-refractivity contribution in [1.82, 2.24) is 15.1 Å². The molecule has 1 saturated carbocycles. The zero-order valence-corrected chi connectivity index (χ0v) is 11.1. The molecule has 0 bridgehead atoms. The first kappa shape index (κ1) is 12.3. The molecule has 0 radical (unpaired) electrons. The van der Waals surface area contributed by atoms with Gasteiger partial charge in [-0.3, -0.25) is 4.90 Å². The number of nitrogens with one attached hydrogen (secondary N) is 1. The Balaban J connectivity index is 1.96. The zero-order valence-electron chi connectivity index (χ0n) is 11.1. The molecule has 1 aliphatic heterocycles. The van der Waals surface area contributed by atoms with Gasteiger partial charge >= 0.3 is 0 Å². The first-order valence-electron chi connectivity index (χ1n) is 6.83. The highest BCUT2D eigenvalue weighted by atomic mass is 15.3. The smallest absolute Gasteiger partial charge is 0.0238 e. The highest BCUT2D eigenvalue weighted by Crippen LogP contribution is 2.31. The zero-order chi connectivity index (χ0) is 11.5. The maximum atomic E-state index is 3.30. The molecule has 0 aromatic carbocycles. The van der Waals surface area contributed by atoms with Crippen LogP contribution in [0.2, 0.25) is 0 Å². The van der Waals surface area contributed by atoms with Crippen LogP contribution in [-0.4, -0.2) is 61.7 Å². The van der Waals surface area contributed by atoms with Crippen LogP contribution in [0.1, 0.15) is 32.6 Å². The van der Waals surface area contributed by atoms with E-state index in [-0.39, 0.29) is 0 Å². The monoisotopic (exact) mass is 225 g/mol. The lowest BCUT2D eigenvalue weighted by Crippen LogP contribution is -2.43. The summed E-state index contributed by atoms with van der Waals surface area (Å²) in [5, 5.41) is 3.30. The minimum atomic E-state index is 0.751. The molecule has 1 aliphatic carbocycles. The molecule has 94 valence electrons. The fourth-order valence-electron chi connectivity index (χ4n) is 2.81. The quantitative estimate of drug-likeness (QED) is 0.774. The van der Waals surface area contributed by atoms with E-state index >= 15 is 0 Å². The molecule has 2 rings (SSSR count). The van der Waals surface area contributed by atoms with Gasteiger partial charge in [-0.25, -0.2) is 0 Å². The van der Waals surface area contributed by atoms with Crippen molar-refractivity contribution in [3.05, 3.63) is 0 Å². The molecule has 0 spiro atoms. The maximum absolute atomic E-state index is 3.30. The van der Waals surface area contributed by atoms with Crippen LogP contribution in [0.15, 0.2) is 0 Å². The van der Waals surface area contributed by atoms with E-state index < -0.39 is 0 Å². The molecule has 1 N–H and O–H groups in total. The molecule has 0 aromatic rings. The van der Waals surface area contributed by atoms with Crippen molar-refractivity contribution in [3.63, 3.8) is 0 Å². The van der Waals surface area contributed by atoms with E-state index in [0.29, 0.717) is 0 Å². The molecule has 3 heteroatoms. The summed E-state index contributed by atoms with van der Waals surface area (Å²) in [6.07, 6.45) is 5.51. The number of likely N-dealkylation sites (N-methyl/N-ethyl adjacent to an activating group) is 1. The van der Waals surface area contributed by atoms with Gasteiger partial charge in [0.2, 0.25) is 0 Å². The second-order valence-corrected chi connectivity index (χ2v) is 5.59. The van der Waals surface area contributed by atoms with Crippen LogP contribution < -0.4 is 5.32 Å². The topological polar surface area (TPSA) is 18.5 Å². The van der Waals surface area contributed by atoms with Gasteiger partial charge in [-0.15, -0.1) is 0 Å². The summed E-state index contributed by atoms with van der Waals surface area (Å²) in [6, 6.07) is 2.44. The van der Waals surface area contributed by atoms with Gasteiger partial charge in [0.1, 0.15) is 0 Å². The average molecular weight is 225 g/mol. The summed E-state index contributed by atoms with van der Waals surface area (Å²) in [5.41, 5.74) is 0. The Morgan fingerprint density at radius 1 is 1.25 bits per heavy atom. The first-order chi connectivity index (χ1) is 7.72. The number of hydrogen-bond donors (Lipinski definition) is 1. The van der Waals surface area contributed by atoms with E-state index in [2.05, 4.69) is 36.1 Å². The number of rotatable bonds is 4. The lowest BCUT2D eigenvalue weighted by atomic mass is 10.1. The predicted molar refractivity (Wildman–Crippen MR) is 68.8 cm³/mol. The van der Waals surface area contributed by atoms with Crippen LogP contribution in [0.4, 0.5) is 0 Å². The fraction of sp³-hybridized carbons (Fsp3) is 1.00. The summed E-state index contributed by atoms with van der Waals surface area (Å²) in [5.74, 6) is 0. The molecule has 16 heavy (non-hydrogen) atoms. The van der Waals surface area contributed by atoms with Crippen LogP contribution >= 0.6 is 0 Å². The highest BCUT2D eigenvalue weighted by Gasteiger charge is 2.36. The van der Waals surface area contributed by atoms with E-state index in [4.69, 9.17) is 0 Å². The molecule has 2 aliphatic rings. The van der Waals surface area contributed by atoms with Crippen molar-refractivity contribution < 1.29 is 0 Å². The Kier molecular flexibility index (Phi) is 4.22. The van der Waals surface area contributed by atoms with E-state index in [1.807, 2.05) is 0 Å². The number of hydrogen-bond acceptors (Lipinski definition) is 3. The lowest BCUT2D eigenvalue weighted by Gasteiger charge is -2.31. The molecular weight excluding hydrogens is 198 g/mol. The summed E-state index contributed by atoms with van der Waals surface area (Å²) >= 11 is 0. The van der Waals surface area contributed by atoms with Gasteiger partial charge in [0.15, 0.2) is 0 Å². The Morgan fingerprint density at radius 2 is 2.00 bits per heavy atom. The molecule has 2 atom stereocenters. The predicted octanol–water partition coefficient (Wildman–Crippen LogP) is 1.15. The standard InChI is InChI=1S/C13H27N3/c1-11-7-9-16(12-4-5-12)13(6-8-14-2)10-15(11)3/h11-14H,4-10H2,1-3H3. The van der Waals surface area contributed by atoms with Crippen molar-refractivity contribution >= 4 is 0 Å². The number of nitrogens with zero attached hydrogens (tertiary/aromatic N) is 2. The Morgan fingerprint density at radius 3 is 2.62 bits per heavy atom. The second kappa shape index (κ2) is 5.48. The molecule has 2 fully saturated rings. The minimum Gasteiger partial charge on any atom is -0.320 e. The van der Waals surface area contributed by atoms with E-state index in [9.17, 15) is 0 Å². The molecule has 0 amide bonds. The summed E-state index contributed by atoms with van der Waals surface area (Å²) in [4.78, 5) is 5.33. The van der Waals surface area contributed by atoms with Gasteiger partial charge in [0.05, 0.1) is 0 Å². The van der Waals surface area contributed by atoms with Crippen LogP contribution in [0.3, 0.4) is 0 Å². The lowest BCUT2D eigenvalue weighted by molar-refractivity contribution is 0.166. The van der Waals surface area contributed by atoms with Crippen molar-refractivity contribution in [3.8, 4) is 0 Å². The van der Waals surface area contributed by atoms with Gasteiger partial charge < -0.3 is 10.2 Å². The van der Waals surface area contributed by atoms with Gasteiger partial charge in [-0.1, -0.05) is 0 Å². The van der Waals surface area contributed by atoms with Crippen LogP contribution in [0, 0.1) is 0 Å². The van der Waals surface area contributed by atoms with E-state index in [1.165, 1.54) is 38.8 Å². The van der Waals surface area contributed by atoms with E-state index in [1.54, 1.807) is 0 Å². The molecule has 1 saturated heterocycles. The van der Waals surface area contributed by atoms with Crippen LogP contribution in [0.25, 0.3) is 0 Å². The molecule has 3 nitrogen and oxygen atoms in total. The van der Waals surface area contributed by atoms with Gasteiger partial charge in [-0.2, -0.15) is 0 Å². The maximum Gasteiger partial charge on any atom is 0.0238 e. The van der Waals surface area contributed by atoms with Gasteiger partial charge in [0, 0.05) is 31.2 Å². The molecule has 1 heterocycles. The molecular formula is C13H27N3. The van der Waals surface area contributed by atoms with E-state index in [0.717, 1.165) is 24.7 Å². The van der Waals surface area contributed by atoms with Gasteiger partial charge in [0.25, 0.3) is 0 Å². The normalized spacial score (nSPS) is 33.9. The first-order valence-corrected chi connectivity index (χ1v) is 6.83. The molecule has 2 unspecified atom stereocenters. The Labute approximate surface area is 100 Å². The van der Waals surface area contributed by atoms with Crippen molar-refractivity contribution in [1.29, 1.82) is 0 Å². The fourth-order valence-corrected chi connectivity index (χ4v) is 2.81. The molecule has 0 aromatic heterocycles. The third kappa shape index (κ3) is 2.96. The van der Waals surface area contributed by atoms with Crippen molar-refractivity contribution in [2.75, 3.05) is 33.7 Å². The van der Waals surface area contributed by atoms with Crippen molar-refractivity contribution in [2.24, 2.45) is 0 Å². The Hall–Kier alpha value is -0.120. The second-order valence-electron chi connectivity index (χ2n) is 5.59. The highest BCUT2D eigenvalue weighted by molar-refractivity contribution is 4.92. The van der Waals surface area contributed by atoms with Crippen LogP contribution in [0.5, 0.6) is 0 Å². The minimum absolute atomic E-state index is 0.751. The Bertz CT molecular complexity index is 215. The summed E-state index contributed by atoms with van der Waals surface area (Å²) in [7, 11) is 4.35. The van der Waals surface area contributed by atoms with Crippen molar-refractivity contribution in [2.45, 2.75) is 50.7 Å². The third-order valence-electron chi connectivity index (χ3n) is 4.27. The SMILES string of the molecule is CNCCC1CN(C)C(C)CCN1C1CC1. The third-order valence-corrected chi connectivity index (χ3v) is 4.27. The van der Waals surface area contributed by atoms with Crippen LogP contribution in [-0.2, 0) is 0 Å². The largest absolute Gasteiger partial charge is 0.320 e. The summed E-state index contributed by atoms with van der Waals surface area (Å²) in [6.45, 7) is 6.07.